The largest absolute Gasteiger partial charge is 0.305 e. The topological polar surface area (TPSA) is 115 Å². The molecule has 2 aromatic carbocycles. The molecule has 9 nitrogen and oxygen atoms in total. The number of carbonyl (C=O) groups is 1. The minimum absolute atomic E-state index is 0.0700. The van der Waals surface area contributed by atoms with Crippen molar-refractivity contribution in [2.75, 3.05) is 13.1 Å². The van der Waals surface area contributed by atoms with E-state index in [4.69, 9.17) is 6.42 Å². The van der Waals surface area contributed by atoms with Crippen molar-refractivity contribution in [3.63, 3.8) is 0 Å². The first-order valence-electron chi connectivity index (χ1n) is 10.6. The number of benzene rings is 2. The summed E-state index contributed by atoms with van der Waals surface area (Å²) in [5.74, 6) is 2.24. The first kappa shape index (κ1) is 23.8. The molecule has 3 aromatic rings. The Labute approximate surface area is 200 Å². The lowest BCUT2D eigenvalue weighted by Gasteiger charge is -2.30. The summed E-state index contributed by atoms with van der Waals surface area (Å²) in [6, 6.07) is 10.1. The summed E-state index contributed by atoms with van der Waals surface area (Å²) in [4.78, 5) is 28.0. The highest BCUT2D eigenvalue weighted by atomic mass is 32.2. The van der Waals surface area contributed by atoms with E-state index in [9.17, 15) is 23.3 Å². The Bertz CT molecular complexity index is 1480. The van der Waals surface area contributed by atoms with Gasteiger partial charge >= 0.3 is 0 Å². The molecular formula is C23H22N4O5S2. The van der Waals surface area contributed by atoms with Crippen molar-refractivity contribution < 1.29 is 18.1 Å². The number of rotatable bonds is 5. The van der Waals surface area contributed by atoms with E-state index in [0.29, 0.717) is 34.0 Å². The molecule has 0 radical (unpaired) electrons. The predicted octanol–water partition coefficient (Wildman–Crippen LogP) is 3.41. The first-order chi connectivity index (χ1) is 16.2. The number of carbonyl (C=O) groups excluding carboxylic acids is 1. The van der Waals surface area contributed by atoms with Crippen molar-refractivity contribution in [3.05, 3.63) is 62.9 Å². The molecule has 1 aliphatic heterocycles. The maximum absolute atomic E-state index is 12.9. The highest BCUT2D eigenvalue weighted by Gasteiger charge is 2.28. The molecular weight excluding hydrogens is 476 g/mol. The minimum Gasteiger partial charge on any atom is -0.305 e. The monoisotopic (exact) mass is 498 g/mol. The minimum atomic E-state index is -3.63. The number of piperidine rings is 1. The third-order valence-corrected chi connectivity index (χ3v) is 8.60. The van der Waals surface area contributed by atoms with E-state index >= 15 is 0 Å². The first-order valence-corrected chi connectivity index (χ1v) is 12.9. The molecule has 4 rings (SSSR count). The Morgan fingerprint density at radius 2 is 2.03 bits per heavy atom. The third-order valence-electron chi connectivity index (χ3n) is 5.68. The average molecular weight is 499 g/mol. The van der Waals surface area contributed by atoms with E-state index in [1.165, 1.54) is 40.7 Å². The van der Waals surface area contributed by atoms with Gasteiger partial charge < -0.3 is 4.57 Å². The van der Waals surface area contributed by atoms with Gasteiger partial charge in [-0.05, 0) is 49.1 Å². The van der Waals surface area contributed by atoms with E-state index in [-0.39, 0.29) is 22.7 Å². The van der Waals surface area contributed by atoms with Crippen LogP contribution in [0.5, 0.6) is 0 Å². The summed E-state index contributed by atoms with van der Waals surface area (Å²) in [7, 11) is -3.63. The maximum atomic E-state index is 12.9. The van der Waals surface area contributed by atoms with Crippen molar-refractivity contribution in [1.82, 2.24) is 8.87 Å². The van der Waals surface area contributed by atoms with Gasteiger partial charge in [-0.2, -0.15) is 9.30 Å². The van der Waals surface area contributed by atoms with E-state index in [2.05, 4.69) is 10.9 Å². The maximum Gasteiger partial charge on any atom is 0.279 e. The molecule has 34 heavy (non-hydrogen) atoms. The number of hydrogen-bond acceptors (Lipinski definition) is 6. The Balaban J connectivity index is 1.66. The summed E-state index contributed by atoms with van der Waals surface area (Å²) >= 11 is 1.12. The number of amides is 1. The fourth-order valence-corrected chi connectivity index (χ4v) is 6.60. The van der Waals surface area contributed by atoms with Gasteiger partial charge in [-0.1, -0.05) is 24.2 Å². The molecule has 2 heterocycles. The standard InChI is InChI=1S/C23H22N4O5S2/c1-3-12-26-20-11-8-18(27(29)30)14-21(20)33-23(26)24-22(28)17-6-9-19(10-7-17)34(31,32)25-13-4-5-16(2)15-25/h1,6-11,14,16H,4-5,12-13,15H2,2H3. The lowest BCUT2D eigenvalue weighted by atomic mass is 10.0. The lowest BCUT2D eigenvalue weighted by molar-refractivity contribution is -0.384. The van der Waals surface area contributed by atoms with E-state index in [0.717, 1.165) is 24.2 Å². The summed E-state index contributed by atoms with van der Waals surface area (Å²) in [5.41, 5.74) is 0.790. The van der Waals surface area contributed by atoms with Gasteiger partial charge in [-0.3, -0.25) is 14.9 Å². The van der Waals surface area contributed by atoms with E-state index in [1.54, 1.807) is 10.6 Å². The Kier molecular flexibility index (Phi) is 6.65. The molecule has 1 aromatic heterocycles. The Morgan fingerprint density at radius 1 is 1.29 bits per heavy atom. The summed E-state index contributed by atoms with van der Waals surface area (Å²) < 4.78 is 29.6. The molecule has 1 amide bonds. The smallest absolute Gasteiger partial charge is 0.279 e. The molecule has 1 atom stereocenters. The molecule has 1 aliphatic rings. The highest BCUT2D eigenvalue weighted by Crippen LogP contribution is 2.25. The normalized spacial score (nSPS) is 17.5. The fraction of sp³-hybridized carbons (Fsp3) is 0.304. The second-order valence-electron chi connectivity index (χ2n) is 8.14. The number of fused-ring (bicyclic) bond motifs is 1. The van der Waals surface area contributed by atoms with Crippen molar-refractivity contribution >= 4 is 43.2 Å². The summed E-state index contributed by atoms with van der Waals surface area (Å²) in [6.45, 7) is 3.14. The molecule has 11 heteroatoms. The summed E-state index contributed by atoms with van der Waals surface area (Å²) in [5, 5.41) is 11.1. The van der Waals surface area contributed by atoms with Crippen LogP contribution in [0.15, 0.2) is 52.4 Å². The van der Waals surface area contributed by atoms with Crippen molar-refractivity contribution in [2.24, 2.45) is 10.9 Å². The van der Waals surface area contributed by atoms with E-state index in [1.807, 2.05) is 6.92 Å². The Hall–Kier alpha value is -3.33. The van der Waals surface area contributed by atoms with Crippen LogP contribution in [0.4, 0.5) is 5.69 Å². The van der Waals surface area contributed by atoms with E-state index < -0.39 is 20.9 Å². The van der Waals surface area contributed by atoms with Gasteiger partial charge in [0.1, 0.15) is 0 Å². The number of aromatic nitrogens is 1. The fourth-order valence-electron chi connectivity index (χ4n) is 3.94. The van der Waals surface area contributed by atoms with Gasteiger partial charge in [-0.25, -0.2) is 8.42 Å². The van der Waals surface area contributed by atoms with Crippen LogP contribution in [0, 0.1) is 28.4 Å². The molecule has 176 valence electrons. The molecule has 0 N–H and O–H groups in total. The number of hydrogen-bond donors (Lipinski definition) is 0. The van der Waals surface area contributed by atoms with Gasteiger partial charge in [0.25, 0.3) is 11.6 Å². The van der Waals surface area contributed by atoms with Crippen molar-refractivity contribution in [3.8, 4) is 12.3 Å². The molecule has 1 fully saturated rings. The average Bonchev–Trinajstić information content (AvgIpc) is 3.15. The number of terminal acetylenes is 1. The molecule has 0 bridgehead atoms. The zero-order valence-electron chi connectivity index (χ0n) is 18.4. The lowest BCUT2D eigenvalue weighted by Crippen LogP contribution is -2.39. The van der Waals surface area contributed by atoms with Crippen LogP contribution in [0.3, 0.4) is 0 Å². The van der Waals surface area contributed by atoms with Crippen molar-refractivity contribution in [1.29, 1.82) is 0 Å². The van der Waals surface area contributed by atoms with Crippen LogP contribution in [0.25, 0.3) is 10.2 Å². The Morgan fingerprint density at radius 3 is 2.68 bits per heavy atom. The third kappa shape index (κ3) is 4.65. The molecule has 0 saturated carbocycles. The number of thiazole rings is 1. The second-order valence-corrected chi connectivity index (χ2v) is 11.1. The van der Waals surface area contributed by atoms with Crippen molar-refractivity contribution in [2.45, 2.75) is 31.2 Å². The molecule has 0 aliphatic carbocycles. The quantitative estimate of drug-likeness (QED) is 0.304. The number of nitro groups is 1. The zero-order chi connectivity index (χ0) is 24.5. The summed E-state index contributed by atoms with van der Waals surface area (Å²) in [6.07, 6.45) is 7.30. The zero-order valence-corrected chi connectivity index (χ0v) is 20.0. The second kappa shape index (κ2) is 9.50. The number of sulfonamides is 1. The number of nitrogens with zero attached hydrogens (tertiary/aromatic N) is 4. The number of nitro benzene ring substituents is 1. The molecule has 1 saturated heterocycles. The van der Waals surface area contributed by atoms with Gasteiger partial charge in [-0.15, -0.1) is 6.42 Å². The van der Waals surface area contributed by atoms with Gasteiger partial charge in [0.15, 0.2) is 4.80 Å². The molecule has 1 unspecified atom stereocenters. The molecule has 0 spiro atoms. The van der Waals surface area contributed by atoms with Crippen LogP contribution >= 0.6 is 11.3 Å². The van der Waals surface area contributed by atoms with Crippen LogP contribution < -0.4 is 4.80 Å². The predicted molar refractivity (Wildman–Crippen MR) is 129 cm³/mol. The SMILES string of the molecule is C#CCn1c(=NC(=O)c2ccc(S(=O)(=O)N3CCCC(C)C3)cc2)sc2cc([N+](=O)[O-])ccc21. The van der Waals surface area contributed by atoms with Crippen LogP contribution in [0.2, 0.25) is 0 Å². The van der Waals surface area contributed by atoms with Gasteiger partial charge in [0.05, 0.1) is 26.6 Å². The van der Waals surface area contributed by atoms with Crippen LogP contribution in [0.1, 0.15) is 30.1 Å². The van der Waals surface area contributed by atoms with Crippen LogP contribution in [-0.2, 0) is 16.6 Å². The highest BCUT2D eigenvalue weighted by molar-refractivity contribution is 7.89. The van der Waals surface area contributed by atoms with Gasteiger partial charge in [0, 0.05) is 30.8 Å². The number of non-ortho nitro benzene ring substituents is 1. The van der Waals surface area contributed by atoms with Crippen LogP contribution in [-0.4, -0.2) is 41.2 Å². The van der Waals surface area contributed by atoms with Gasteiger partial charge in [0.2, 0.25) is 10.0 Å².